The molecule has 0 aliphatic rings. The number of rotatable bonds is 9. The summed E-state index contributed by atoms with van der Waals surface area (Å²) in [7, 11) is 0. The van der Waals surface area contributed by atoms with Gasteiger partial charge in [0.05, 0.1) is 11.8 Å². The quantitative estimate of drug-likeness (QED) is 0.594. The number of aryl methyl sites for hydroxylation is 2. The third-order valence-electron chi connectivity index (χ3n) is 4.66. The summed E-state index contributed by atoms with van der Waals surface area (Å²) in [6.45, 7) is 4.77. The Labute approximate surface area is 164 Å². The van der Waals surface area contributed by atoms with Gasteiger partial charge in [0.15, 0.2) is 5.82 Å². The smallest absolute Gasteiger partial charge is 0.335 e. The molecule has 0 saturated heterocycles. The average Bonchev–Trinajstić information content (AvgIpc) is 3.19. The largest absolute Gasteiger partial charge is 0.478 e. The molecule has 0 amide bonds. The topological polar surface area (TPSA) is 77.2 Å². The fourth-order valence-electron chi connectivity index (χ4n) is 3.08. The molecular formula is C22H25N3O3. The van der Waals surface area contributed by atoms with Gasteiger partial charge in [-0.05, 0) is 48.1 Å². The summed E-state index contributed by atoms with van der Waals surface area (Å²) in [6.07, 6.45) is 7.49. The summed E-state index contributed by atoms with van der Waals surface area (Å²) < 4.78 is 7.50. The van der Waals surface area contributed by atoms with E-state index < -0.39 is 5.97 Å². The highest BCUT2D eigenvalue weighted by molar-refractivity contribution is 5.87. The number of carbonyl (C=O) groups is 1. The minimum atomic E-state index is -1.01. The first-order chi connectivity index (χ1) is 13.6. The molecule has 0 fully saturated rings. The molecule has 0 unspecified atom stereocenters. The Morgan fingerprint density at radius 3 is 2.71 bits per heavy atom. The Hall–Kier alpha value is -3.15. The van der Waals surface area contributed by atoms with Crippen LogP contribution in [-0.4, -0.2) is 25.8 Å². The molecule has 146 valence electrons. The van der Waals surface area contributed by atoms with Crippen LogP contribution >= 0.6 is 0 Å². The molecule has 6 heteroatoms. The van der Waals surface area contributed by atoms with Gasteiger partial charge in [0.2, 0.25) is 5.88 Å². The van der Waals surface area contributed by atoms with Crippen LogP contribution in [0.4, 0.5) is 0 Å². The number of carboxylic acid groups (broad SMARTS) is 1. The first-order valence-corrected chi connectivity index (χ1v) is 9.59. The fourth-order valence-corrected chi connectivity index (χ4v) is 3.08. The van der Waals surface area contributed by atoms with Gasteiger partial charge in [-0.1, -0.05) is 38.5 Å². The highest BCUT2D eigenvalue weighted by Crippen LogP contribution is 2.20. The van der Waals surface area contributed by atoms with Crippen LogP contribution in [0.3, 0.4) is 0 Å². The van der Waals surface area contributed by atoms with E-state index >= 15 is 0 Å². The maximum atomic E-state index is 11.2. The number of ether oxygens (including phenoxy) is 1. The molecule has 28 heavy (non-hydrogen) atoms. The Kier molecular flexibility index (Phi) is 6.42. The zero-order valence-electron chi connectivity index (χ0n) is 16.3. The van der Waals surface area contributed by atoms with E-state index in [9.17, 15) is 9.90 Å². The van der Waals surface area contributed by atoms with E-state index in [-0.39, 0.29) is 5.56 Å². The Morgan fingerprint density at radius 1 is 1.11 bits per heavy atom. The van der Waals surface area contributed by atoms with E-state index in [4.69, 9.17) is 4.74 Å². The number of hydrogen-bond donors (Lipinski definition) is 1. The lowest BCUT2D eigenvalue weighted by Gasteiger charge is -2.13. The molecule has 3 aromatic rings. The zero-order chi connectivity index (χ0) is 19.9. The molecule has 0 spiro atoms. The van der Waals surface area contributed by atoms with Crippen molar-refractivity contribution in [3.63, 3.8) is 0 Å². The minimum absolute atomic E-state index is 0.155. The number of carboxylic acids is 1. The van der Waals surface area contributed by atoms with Gasteiger partial charge in [-0.15, -0.1) is 0 Å². The van der Waals surface area contributed by atoms with Crippen LogP contribution in [0.5, 0.6) is 5.88 Å². The summed E-state index contributed by atoms with van der Waals surface area (Å²) >= 11 is 0. The third kappa shape index (κ3) is 4.57. The lowest BCUT2D eigenvalue weighted by molar-refractivity contribution is 0.0696. The minimum Gasteiger partial charge on any atom is -0.478 e. The van der Waals surface area contributed by atoms with Crippen molar-refractivity contribution in [1.82, 2.24) is 14.8 Å². The molecule has 1 aromatic carbocycles. The number of pyridine rings is 1. The zero-order valence-corrected chi connectivity index (χ0v) is 16.3. The lowest BCUT2D eigenvalue weighted by atomic mass is 9.99. The predicted octanol–water partition coefficient (Wildman–Crippen LogP) is 4.45. The fraction of sp³-hybridized carbons (Fsp3) is 0.318. The van der Waals surface area contributed by atoms with Crippen molar-refractivity contribution in [1.29, 1.82) is 0 Å². The van der Waals surface area contributed by atoms with Gasteiger partial charge in [0.1, 0.15) is 6.61 Å². The second-order valence-corrected chi connectivity index (χ2v) is 6.64. The van der Waals surface area contributed by atoms with Crippen LogP contribution in [0.15, 0.2) is 48.8 Å². The third-order valence-corrected chi connectivity index (χ3v) is 4.66. The van der Waals surface area contributed by atoms with Crippen LogP contribution in [0.25, 0.3) is 5.82 Å². The summed E-state index contributed by atoms with van der Waals surface area (Å²) in [5.74, 6) is -0.0771. The van der Waals surface area contributed by atoms with Crippen LogP contribution < -0.4 is 4.74 Å². The number of aromatic nitrogens is 3. The molecule has 0 radical (unpaired) electrons. The second kappa shape index (κ2) is 9.17. The highest BCUT2D eigenvalue weighted by atomic mass is 16.5. The van der Waals surface area contributed by atoms with Gasteiger partial charge in [-0.25, -0.2) is 9.78 Å². The summed E-state index contributed by atoms with van der Waals surface area (Å²) in [5, 5.41) is 13.4. The molecule has 2 heterocycles. The Bertz CT molecular complexity index is 950. The van der Waals surface area contributed by atoms with E-state index in [2.05, 4.69) is 42.1 Å². The maximum Gasteiger partial charge on any atom is 0.335 e. The summed E-state index contributed by atoms with van der Waals surface area (Å²) in [4.78, 5) is 15.4. The molecule has 6 nitrogen and oxygen atoms in total. The van der Waals surface area contributed by atoms with Crippen LogP contribution in [0.1, 0.15) is 53.7 Å². The molecule has 0 saturated carbocycles. The van der Waals surface area contributed by atoms with Gasteiger partial charge in [-0.3, -0.25) is 0 Å². The Morgan fingerprint density at radius 2 is 1.96 bits per heavy atom. The van der Waals surface area contributed by atoms with Gasteiger partial charge < -0.3 is 9.84 Å². The molecule has 0 bridgehead atoms. The number of unbranched alkanes of at least 4 members (excludes halogenated alkanes) is 1. The van der Waals surface area contributed by atoms with E-state index in [0.717, 1.165) is 18.4 Å². The molecule has 0 aliphatic carbocycles. The van der Waals surface area contributed by atoms with E-state index in [0.29, 0.717) is 18.3 Å². The van der Waals surface area contributed by atoms with Crippen molar-refractivity contribution in [2.75, 3.05) is 0 Å². The van der Waals surface area contributed by atoms with Crippen molar-refractivity contribution in [3.8, 4) is 11.7 Å². The van der Waals surface area contributed by atoms with Gasteiger partial charge >= 0.3 is 5.97 Å². The van der Waals surface area contributed by atoms with E-state index in [1.54, 1.807) is 12.3 Å². The predicted molar refractivity (Wildman–Crippen MR) is 107 cm³/mol. The molecule has 1 N–H and O–H groups in total. The number of hydrogen-bond acceptors (Lipinski definition) is 4. The van der Waals surface area contributed by atoms with E-state index in [1.165, 1.54) is 47.0 Å². The maximum absolute atomic E-state index is 11.2. The van der Waals surface area contributed by atoms with Crippen LogP contribution in [0.2, 0.25) is 0 Å². The first kappa shape index (κ1) is 19.6. The molecule has 0 aliphatic heterocycles. The summed E-state index contributed by atoms with van der Waals surface area (Å²) in [6, 6.07) is 11.2. The number of nitrogens with zero attached hydrogens (tertiary/aromatic N) is 3. The van der Waals surface area contributed by atoms with E-state index in [1.807, 2.05) is 0 Å². The van der Waals surface area contributed by atoms with Crippen molar-refractivity contribution < 1.29 is 14.6 Å². The van der Waals surface area contributed by atoms with Crippen molar-refractivity contribution >= 4 is 5.97 Å². The standard InChI is InChI=1S/C22H25N3O3/c1-3-5-6-16-7-8-19(17(4-2)13-16)15-28-21-10-12-24-25(21)20-14-18(22(26)27)9-11-23-20/h7-14H,3-6,15H2,1-2H3,(H,26,27). The molecule has 3 rings (SSSR count). The monoisotopic (exact) mass is 379 g/mol. The van der Waals surface area contributed by atoms with Crippen LogP contribution in [0, 0.1) is 0 Å². The number of benzene rings is 1. The molecule has 0 atom stereocenters. The molecular weight excluding hydrogens is 354 g/mol. The van der Waals surface area contributed by atoms with Gasteiger partial charge in [-0.2, -0.15) is 9.78 Å². The normalized spacial score (nSPS) is 10.8. The number of aromatic carboxylic acids is 1. The van der Waals surface area contributed by atoms with Crippen molar-refractivity contribution in [2.24, 2.45) is 0 Å². The van der Waals surface area contributed by atoms with Crippen molar-refractivity contribution in [3.05, 3.63) is 71.0 Å². The van der Waals surface area contributed by atoms with Crippen LogP contribution in [-0.2, 0) is 19.4 Å². The Balaban J connectivity index is 1.77. The van der Waals surface area contributed by atoms with Gasteiger partial charge in [0, 0.05) is 12.3 Å². The first-order valence-electron chi connectivity index (χ1n) is 9.59. The van der Waals surface area contributed by atoms with Crippen molar-refractivity contribution in [2.45, 2.75) is 46.1 Å². The summed E-state index contributed by atoms with van der Waals surface area (Å²) in [5.41, 5.74) is 3.94. The molecule has 2 aromatic heterocycles. The lowest BCUT2D eigenvalue weighted by Crippen LogP contribution is -2.07. The average molecular weight is 379 g/mol. The highest BCUT2D eigenvalue weighted by Gasteiger charge is 2.12. The van der Waals surface area contributed by atoms with Gasteiger partial charge in [0.25, 0.3) is 0 Å². The second-order valence-electron chi connectivity index (χ2n) is 6.64. The SMILES string of the molecule is CCCCc1ccc(COc2ccnn2-c2cc(C(=O)O)ccn2)c(CC)c1.